The van der Waals surface area contributed by atoms with Gasteiger partial charge in [0.05, 0.1) is 5.02 Å². The van der Waals surface area contributed by atoms with Gasteiger partial charge in [-0.25, -0.2) is 9.18 Å². The van der Waals surface area contributed by atoms with Gasteiger partial charge in [0.25, 0.3) is 0 Å². The molecule has 0 bridgehead atoms. The Bertz CT molecular complexity index is 610. The molecule has 6 heteroatoms. The summed E-state index contributed by atoms with van der Waals surface area (Å²) in [5.74, 6) is -2.13. The standard InChI is InChI=1S/C12H9ClFNO3/c1-5-3-7(14)11(13)10(6(5)2)8-4-9(12(16)17)18-15-8/h3-4H,1-2H3,(H,16,17). The summed E-state index contributed by atoms with van der Waals surface area (Å²) in [5, 5.41) is 12.3. The third-order valence-electron chi connectivity index (χ3n) is 2.72. The van der Waals surface area contributed by atoms with E-state index in [1.54, 1.807) is 13.8 Å². The second kappa shape index (κ2) is 4.42. The van der Waals surface area contributed by atoms with Gasteiger partial charge in [-0.3, -0.25) is 0 Å². The lowest BCUT2D eigenvalue weighted by Gasteiger charge is -2.09. The summed E-state index contributed by atoms with van der Waals surface area (Å²) in [7, 11) is 0. The molecule has 4 nitrogen and oxygen atoms in total. The number of rotatable bonds is 2. The summed E-state index contributed by atoms with van der Waals surface area (Å²) >= 11 is 5.89. The highest BCUT2D eigenvalue weighted by molar-refractivity contribution is 6.33. The number of carboxylic acids is 1. The maximum Gasteiger partial charge on any atom is 0.374 e. The van der Waals surface area contributed by atoms with Crippen LogP contribution in [-0.4, -0.2) is 16.2 Å². The van der Waals surface area contributed by atoms with E-state index in [-0.39, 0.29) is 16.5 Å². The molecule has 18 heavy (non-hydrogen) atoms. The molecular formula is C12H9ClFNO3. The maximum absolute atomic E-state index is 13.6. The van der Waals surface area contributed by atoms with Crippen molar-refractivity contribution in [2.75, 3.05) is 0 Å². The number of halogens is 2. The average Bonchev–Trinajstić information content (AvgIpc) is 2.76. The van der Waals surface area contributed by atoms with Crippen LogP contribution in [0.2, 0.25) is 5.02 Å². The Labute approximate surface area is 107 Å². The molecule has 0 spiro atoms. The molecule has 2 aromatic rings. The number of hydrogen-bond acceptors (Lipinski definition) is 3. The molecule has 0 amide bonds. The number of benzene rings is 1. The molecule has 0 atom stereocenters. The number of aryl methyl sites for hydroxylation is 1. The van der Waals surface area contributed by atoms with Crippen LogP contribution < -0.4 is 0 Å². The van der Waals surface area contributed by atoms with Crippen LogP contribution in [0.5, 0.6) is 0 Å². The molecule has 0 unspecified atom stereocenters. The van der Waals surface area contributed by atoms with Crippen LogP contribution in [0, 0.1) is 19.7 Å². The maximum atomic E-state index is 13.6. The minimum Gasteiger partial charge on any atom is -0.475 e. The van der Waals surface area contributed by atoms with Gasteiger partial charge >= 0.3 is 5.97 Å². The van der Waals surface area contributed by atoms with E-state index in [1.807, 2.05) is 0 Å². The van der Waals surface area contributed by atoms with Gasteiger partial charge < -0.3 is 9.63 Å². The highest BCUT2D eigenvalue weighted by atomic mass is 35.5. The summed E-state index contributed by atoms with van der Waals surface area (Å²) in [5.41, 5.74) is 1.99. The highest BCUT2D eigenvalue weighted by Crippen LogP contribution is 2.34. The normalized spacial score (nSPS) is 10.7. The van der Waals surface area contributed by atoms with Crippen molar-refractivity contribution >= 4 is 17.6 Å². The monoisotopic (exact) mass is 269 g/mol. The Morgan fingerprint density at radius 1 is 1.44 bits per heavy atom. The SMILES string of the molecule is Cc1cc(F)c(Cl)c(-c2cc(C(=O)O)on2)c1C. The summed E-state index contributed by atoms with van der Waals surface area (Å²) in [6.45, 7) is 3.49. The van der Waals surface area contributed by atoms with Crippen molar-refractivity contribution in [3.8, 4) is 11.3 Å². The smallest absolute Gasteiger partial charge is 0.374 e. The molecule has 0 saturated heterocycles. The van der Waals surface area contributed by atoms with Crippen molar-refractivity contribution in [3.63, 3.8) is 0 Å². The van der Waals surface area contributed by atoms with Gasteiger partial charge in [-0.2, -0.15) is 0 Å². The predicted octanol–water partition coefficient (Wildman–Crippen LogP) is 3.45. The number of carboxylic acid groups (broad SMARTS) is 1. The van der Waals surface area contributed by atoms with Crippen LogP contribution >= 0.6 is 11.6 Å². The number of nitrogens with zero attached hydrogens (tertiary/aromatic N) is 1. The van der Waals surface area contributed by atoms with E-state index >= 15 is 0 Å². The van der Waals surface area contributed by atoms with Crippen molar-refractivity contribution in [1.29, 1.82) is 0 Å². The van der Waals surface area contributed by atoms with E-state index in [2.05, 4.69) is 9.68 Å². The van der Waals surface area contributed by atoms with E-state index in [0.717, 1.165) is 5.56 Å². The minimum absolute atomic E-state index is 0.0941. The van der Waals surface area contributed by atoms with Crippen molar-refractivity contribution in [2.24, 2.45) is 0 Å². The van der Waals surface area contributed by atoms with Gasteiger partial charge in [-0.1, -0.05) is 16.8 Å². The Morgan fingerprint density at radius 2 is 2.11 bits per heavy atom. The minimum atomic E-state index is -1.24. The van der Waals surface area contributed by atoms with E-state index in [4.69, 9.17) is 16.7 Å². The second-order valence-electron chi connectivity index (χ2n) is 3.87. The average molecular weight is 270 g/mol. The predicted molar refractivity (Wildman–Crippen MR) is 63.3 cm³/mol. The molecule has 1 N–H and O–H groups in total. The topological polar surface area (TPSA) is 63.3 Å². The number of hydrogen-bond donors (Lipinski definition) is 1. The lowest BCUT2D eigenvalue weighted by atomic mass is 10.0. The third-order valence-corrected chi connectivity index (χ3v) is 3.09. The quantitative estimate of drug-likeness (QED) is 0.907. The van der Waals surface area contributed by atoms with Crippen LogP contribution in [0.15, 0.2) is 16.7 Å². The fourth-order valence-corrected chi connectivity index (χ4v) is 1.93. The van der Waals surface area contributed by atoms with Crippen LogP contribution in [0.4, 0.5) is 4.39 Å². The molecule has 0 aliphatic rings. The van der Waals surface area contributed by atoms with Gasteiger partial charge in [-0.15, -0.1) is 0 Å². The van der Waals surface area contributed by atoms with Crippen LogP contribution in [0.1, 0.15) is 21.7 Å². The Hall–Kier alpha value is -1.88. The molecule has 0 aliphatic heterocycles. The molecular weight excluding hydrogens is 261 g/mol. The zero-order valence-corrected chi connectivity index (χ0v) is 10.4. The highest BCUT2D eigenvalue weighted by Gasteiger charge is 2.19. The van der Waals surface area contributed by atoms with Crippen molar-refractivity contribution < 1.29 is 18.8 Å². The van der Waals surface area contributed by atoms with E-state index in [1.165, 1.54) is 12.1 Å². The summed E-state index contributed by atoms with van der Waals surface area (Å²) in [4.78, 5) is 10.7. The van der Waals surface area contributed by atoms with Gasteiger partial charge in [0.15, 0.2) is 0 Å². The first-order valence-electron chi connectivity index (χ1n) is 5.07. The van der Waals surface area contributed by atoms with Crippen molar-refractivity contribution in [1.82, 2.24) is 5.16 Å². The summed E-state index contributed by atoms with van der Waals surface area (Å²) in [6, 6.07) is 2.54. The van der Waals surface area contributed by atoms with Crippen molar-refractivity contribution in [2.45, 2.75) is 13.8 Å². The molecule has 0 fully saturated rings. The molecule has 94 valence electrons. The lowest BCUT2D eigenvalue weighted by molar-refractivity contribution is 0.0652. The molecule has 0 aliphatic carbocycles. The van der Waals surface area contributed by atoms with E-state index < -0.39 is 11.8 Å². The van der Waals surface area contributed by atoms with Crippen LogP contribution in [-0.2, 0) is 0 Å². The first-order valence-corrected chi connectivity index (χ1v) is 5.45. The Morgan fingerprint density at radius 3 is 2.67 bits per heavy atom. The molecule has 2 rings (SSSR count). The lowest BCUT2D eigenvalue weighted by Crippen LogP contribution is -1.93. The number of aromatic nitrogens is 1. The number of carbonyl (C=O) groups is 1. The fourth-order valence-electron chi connectivity index (χ4n) is 1.64. The Balaban J connectivity index is 2.66. The first kappa shape index (κ1) is 12.6. The van der Waals surface area contributed by atoms with E-state index in [9.17, 15) is 9.18 Å². The zero-order chi connectivity index (χ0) is 13.4. The van der Waals surface area contributed by atoms with E-state index in [0.29, 0.717) is 11.1 Å². The van der Waals surface area contributed by atoms with Gasteiger partial charge in [0.2, 0.25) is 5.76 Å². The van der Waals surface area contributed by atoms with Gasteiger partial charge in [0.1, 0.15) is 11.5 Å². The largest absolute Gasteiger partial charge is 0.475 e. The summed E-state index contributed by atoms with van der Waals surface area (Å²) in [6.07, 6.45) is 0. The molecule has 1 aromatic heterocycles. The van der Waals surface area contributed by atoms with Gasteiger partial charge in [-0.05, 0) is 31.0 Å². The zero-order valence-electron chi connectivity index (χ0n) is 9.62. The van der Waals surface area contributed by atoms with Crippen LogP contribution in [0.3, 0.4) is 0 Å². The fraction of sp³-hybridized carbons (Fsp3) is 0.167. The van der Waals surface area contributed by atoms with Crippen LogP contribution in [0.25, 0.3) is 11.3 Å². The molecule has 0 radical (unpaired) electrons. The molecule has 1 heterocycles. The third kappa shape index (κ3) is 1.97. The summed E-state index contributed by atoms with van der Waals surface area (Å²) < 4.78 is 18.2. The first-order chi connectivity index (χ1) is 8.41. The number of aromatic carboxylic acids is 1. The molecule has 0 saturated carbocycles. The van der Waals surface area contributed by atoms with Gasteiger partial charge in [0, 0.05) is 11.6 Å². The molecule has 1 aromatic carbocycles. The van der Waals surface area contributed by atoms with Crippen molar-refractivity contribution in [3.05, 3.63) is 39.9 Å². The Kier molecular flexibility index (Phi) is 3.09. The second-order valence-corrected chi connectivity index (χ2v) is 4.25.